The second kappa shape index (κ2) is 8.41. The Morgan fingerprint density at radius 3 is 2.53 bits per heavy atom. The van der Waals surface area contributed by atoms with Crippen molar-refractivity contribution in [3.05, 3.63) is 42.2 Å². The van der Waals surface area contributed by atoms with E-state index >= 15 is 0 Å². The van der Waals surface area contributed by atoms with E-state index < -0.39 is 22.0 Å². The normalized spacial score (nSPS) is 26.8. The minimum atomic E-state index is -3.94. The lowest BCUT2D eigenvalue weighted by Gasteiger charge is -2.42. The monoisotopic (exact) mass is 431 g/mol. The third-order valence-corrected chi connectivity index (χ3v) is 8.46. The Labute approximate surface area is 178 Å². The Morgan fingerprint density at radius 1 is 1.10 bits per heavy atom. The number of carbonyl (C=O) groups excluding carboxylic acids is 2. The zero-order valence-corrected chi connectivity index (χ0v) is 18.1. The lowest BCUT2D eigenvalue weighted by Crippen LogP contribution is -2.52. The van der Waals surface area contributed by atoms with E-state index in [2.05, 4.69) is 5.32 Å². The quantitative estimate of drug-likeness (QED) is 0.793. The third kappa shape index (κ3) is 4.10. The summed E-state index contributed by atoms with van der Waals surface area (Å²) in [5.74, 6) is 0.596. The molecular formula is C22H29N3O4S. The van der Waals surface area contributed by atoms with Crippen molar-refractivity contribution in [1.29, 1.82) is 0 Å². The van der Waals surface area contributed by atoms with E-state index in [9.17, 15) is 18.0 Å². The SMILES string of the molecule is Cc1ccc(S(=O)(=O)N2C=CNC(=O)[C@H]2CC(=O)N2CC[C@H]3CCCC[C@H]3C2)cc1. The summed E-state index contributed by atoms with van der Waals surface area (Å²) in [7, 11) is -3.94. The number of fused-ring (bicyclic) bond motifs is 1. The van der Waals surface area contributed by atoms with Crippen LogP contribution < -0.4 is 5.32 Å². The number of nitrogens with zero attached hydrogens (tertiary/aromatic N) is 2. The van der Waals surface area contributed by atoms with Crippen molar-refractivity contribution < 1.29 is 18.0 Å². The van der Waals surface area contributed by atoms with Crippen LogP contribution in [0.15, 0.2) is 41.6 Å². The number of aryl methyl sites for hydroxylation is 1. The van der Waals surface area contributed by atoms with E-state index in [1.165, 1.54) is 43.8 Å². The molecule has 0 radical (unpaired) electrons. The summed E-state index contributed by atoms with van der Waals surface area (Å²) < 4.78 is 27.4. The van der Waals surface area contributed by atoms with Gasteiger partial charge in [-0.2, -0.15) is 0 Å². The highest BCUT2D eigenvalue weighted by molar-refractivity contribution is 7.89. The Bertz CT molecular complexity index is 942. The molecule has 1 N–H and O–H groups in total. The zero-order chi connectivity index (χ0) is 21.3. The molecule has 3 atom stereocenters. The second-order valence-corrected chi connectivity index (χ2v) is 10.5. The standard InChI is InChI=1S/C22H29N3O4S/c1-16-6-8-19(9-7-16)30(28,29)25-13-11-23-22(27)20(25)14-21(26)24-12-10-17-4-2-3-5-18(17)15-24/h6-9,11,13,17-18,20H,2-5,10,12,14-15H2,1H3,(H,23,27)/t17-,18+,20-/m1/s1. The summed E-state index contributed by atoms with van der Waals surface area (Å²) in [5.41, 5.74) is 0.943. The fourth-order valence-electron chi connectivity index (χ4n) is 4.89. The Hall–Kier alpha value is -2.35. The summed E-state index contributed by atoms with van der Waals surface area (Å²) in [5, 5.41) is 2.55. The highest BCUT2D eigenvalue weighted by atomic mass is 32.2. The van der Waals surface area contributed by atoms with Crippen molar-refractivity contribution in [1.82, 2.24) is 14.5 Å². The smallest absolute Gasteiger partial charge is 0.264 e. The van der Waals surface area contributed by atoms with E-state index in [0.29, 0.717) is 18.4 Å². The molecule has 1 aliphatic carbocycles. The molecule has 1 saturated carbocycles. The van der Waals surface area contributed by atoms with Crippen LogP contribution in [-0.2, 0) is 19.6 Å². The summed E-state index contributed by atoms with van der Waals surface area (Å²) >= 11 is 0. The molecule has 2 aliphatic heterocycles. The van der Waals surface area contributed by atoms with Gasteiger partial charge in [-0.05, 0) is 43.7 Å². The molecule has 162 valence electrons. The number of benzene rings is 1. The van der Waals surface area contributed by atoms with E-state index in [1.807, 2.05) is 11.8 Å². The van der Waals surface area contributed by atoms with Gasteiger partial charge in [-0.3, -0.25) is 13.9 Å². The molecule has 2 heterocycles. The number of sulfonamides is 1. The fraction of sp³-hybridized carbons (Fsp3) is 0.545. The molecule has 2 amide bonds. The maximum absolute atomic E-state index is 13.2. The predicted molar refractivity (Wildman–Crippen MR) is 113 cm³/mol. The molecular weight excluding hydrogens is 402 g/mol. The molecule has 0 bridgehead atoms. The Balaban J connectivity index is 1.51. The van der Waals surface area contributed by atoms with E-state index in [1.54, 1.807) is 12.1 Å². The van der Waals surface area contributed by atoms with Crippen molar-refractivity contribution in [3.63, 3.8) is 0 Å². The average molecular weight is 432 g/mol. The summed E-state index contributed by atoms with van der Waals surface area (Å²) in [6.07, 6.45) is 8.36. The van der Waals surface area contributed by atoms with Crippen molar-refractivity contribution in [2.24, 2.45) is 11.8 Å². The summed E-state index contributed by atoms with van der Waals surface area (Å²) in [4.78, 5) is 27.5. The van der Waals surface area contributed by atoms with Crippen molar-refractivity contribution in [2.45, 2.75) is 56.4 Å². The Morgan fingerprint density at radius 2 is 1.80 bits per heavy atom. The molecule has 30 heavy (non-hydrogen) atoms. The summed E-state index contributed by atoms with van der Waals surface area (Å²) in [6.45, 7) is 3.29. The lowest BCUT2D eigenvalue weighted by atomic mass is 9.75. The number of carbonyl (C=O) groups is 2. The molecule has 1 aromatic rings. The highest BCUT2D eigenvalue weighted by Gasteiger charge is 2.39. The molecule has 0 spiro atoms. The molecule has 1 aromatic carbocycles. The van der Waals surface area contributed by atoms with Crippen LogP contribution in [0.5, 0.6) is 0 Å². The summed E-state index contributed by atoms with van der Waals surface area (Å²) in [6, 6.07) is 5.40. The molecule has 0 aromatic heterocycles. The van der Waals surface area contributed by atoms with Crippen molar-refractivity contribution >= 4 is 21.8 Å². The van der Waals surface area contributed by atoms with Crippen LogP contribution in [0.1, 0.15) is 44.1 Å². The van der Waals surface area contributed by atoms with Gasteiger partial charge in [-0.1, -0.05) is 37.0 Å². The first kappa shape index (κ1) is 20.9. The van der Waals surface area contributed by atoms with E-state index in [-0.39, 0.29) is 17.2 Å². The maximum Gasteiger partial charge on any atom is 0.264 e. The molecule has 8 heteroatoms. The van der Waals surface area contributed by atoms with Gasteiger partial charge in [-0.25, -0.2) is 8.42 Å². The number of likely N-dealkylation sites (tertiary alicyclic amines) is 1. The number of piperidine rings is 1. The van der Waals surface area contributed by atoms with Crippen molar-refractivity contribution in [2.75, 3.05) is 13.1 Å². The van der Waals surface area contributed by atoms with Crippen LogP contribution in [0.25, 0.3) is 0 Å². The molecule has 7 nitrogen and oxygen atoms in total. The molecule has 1 saturated heterocycles. The van der Waals surface area contributed by atoms with Crippen LogP contribution in [0.2, 0.25) is 0 Å². The first-order valence-corrected chi connectivity index (χ1v) is 12.2. The van der Waals surface area contributed by atoms with Gasteiger partial charge >= 0.3 is 0 Å². The molecule has 3 aliphatic rings. The van der Waals surface area contributed by atoms with Crippen LogP contribution in [0.3, 0.4) is 0 Å². The van der Waals surface area contributed by atoms with Crippen LogP contribution in [-0.4, -0.2) is 48.6 Å². The first-order valence-electron chi connectivity index (χ1n) is 10.7. The van der Waals surface area contributed by atoms with Gasteiger partial charge in [0.25, 0.3) is 10.0 Å². The number of amides is 2. The minimum Gasteiger partial charge on any atom is -0.342 e. The zero-order valence-electron chi connectivity index (χ0n) is 17.3. The number of hydrogen-bond donors (Lipinski definition) is 1. The van der Waals surface area contributed by atoms with Gasteiger partial charge in [0.05, 0.1) is 11.3 Å². The molecule has 0 unspecified atom stereocenters. The van der Waals surface area contributed by atoms with Gasteiger partial charge in [-0.15, -0.1) is 0 Å². The number of rotatable bonds is 4. The molecule has 4 rings (SSSR count). The average Bonchev–Trinajstić information content (AvgIpc) is 2.75. The van der Waals surface area contributed by atoms with Crippen LogP contribution in [0, 0.1) is 18.8 Å². The predicted octanol–water partition coefficient (Wildman–Crippen LogP) is 2.38. The van der Waals surface area contributed by atoms with Gasteiger partial charge in [0.2, 0.25) is 11.8 Å². The highest BCUT2D eigenvalue weighted by Crippen LogP contribution is 2.36. The van der Waals surface area contributed by atoms with Gasteiger partial charge in [0, 0.05) is 25.5 Å². The van der Waals surface area contributed by atoms with Crippen molar-refractivity contribution in [3.8, 4) is 0 Å². The maximum atomic E-state index is 13.2. The Kier molecular flexibility index (Phi) is 5.86. The topological polar surface area (TPSA) is 86.8 Å². The molecule has 2 fully saturated rings. The van der Waals surface area contributed by atoms with Gasteiger partial charge < -0.3 is 10.2 Å². The van der Waals surface area contributed by atoms with Crippen LogP contribution in [0.4, 0.5) is 0 Å². The van der Waals surface area contributed by atoms with Gasteiger partial charge in [0.1, 0.15) is 6.04 Å². The largest absolute Gasteiger partial charge is 0.342 e. The minimum absolute atomic E-state index is 0.105. The van der Waals surface area contributed by atoms with E-state index in [0.717, 1.165) is 29.3 Å². The van der Waals surface area contributed by atoms with Gasteiger partial charge in [0.15, 0.2) is 0 Å². The fourth-order valence-corrected chi connectivity index (χ4v) is 6.34. The van der Waals surface area contributed by atoms with Crippen LogP contribution >= 0.6 is 0 Å². The van der Waals surface area contributed by atoms with E-state index in [4.69, 9.17) is 0 Å². The number of hydrogen-bond acceptors (Lipinski definition) is 4. The first-order chi connectivity index (χ1) is 14.4. The second-order valence-electron chi connectivity index (χ2n) is 8.63. The number of nitrogens with one attached hydrogen (secondary N) is 1. The lowest BCUT2D eigenvalue weighted by molar-refractivity contribution is -0.138. The third-order valence-electron chi connectivity index (χ3n) is 6.67.